The Labute approximate surface area is 123 Å². The lowest BCUT2D eigenvalue weighted by Gasteiger charge is -2.17. The van der Waals surface area contributed by atoms with Crippen LogP contribution in [-0.2, 0) is 28.7 Å². The first-order chi connectivity index (χ1) is 9.81. The van der Waals surface area contributed by atoms with E-state index in [1.807, 2.05) is 0 Å². The molecule has 7 nitrogen and oxygen atoms in total. The summed E-state index contributed by atoms with van der Waals surface area (Å²) in [6.45, 7) is 6.96. The Balaban J connectivity index is 4.25. The Morgan fingerprint density at radius 2 is 1.52 bits per heavy atom. The van der Waals surface area contributed by atoms with E-state index in [9.17, 15) is 19.2 Å². The van der Waals surface area contributed by atoms with E-state index in [0.29, 0.717) is 13.1 Å². The fraction of sp³-hybridized carbons (Fsp3) is 0.571. The summed E-state index contributed by atoms with van der Waals surface area (Å²) in [4.78, 5) is 46.8. The fourth-order valence-electron chi connectivity index (χ4n) is 1.34. The van der Waals surface area contributed by atoms with Crippen LogP contribution >= 0.6 is 0 Å². The lowest BCUT2D eigenvalue weighted by Crippen LogP contribution is -2.38. The highest BCUT2D eigenvalue weighted by atomic mass is 16.5. The molecule has 0 saturated heterocycles. The maximum Gasteiger partial charge on any atom is 0.331 e. The first-order valence-electron chi connectivity index (χ1n) is 6.69. The summed E-state index contributed by atoms with van der Waals surface area (Å²) in [5.74, 6) is -3.09. The van der Waals surface area contributed by atoms with Crippen LogP contribution in [0.3, 0.4) is 0 Å². The van der Waals surface area contributed by atoms with E-state index >= 15 is 0 Å². The first-order valence-corrected chi connectivity index (χ1v) is 6.69. The number of esters is 2. The third kappa shape index (κ3) is 7.86. The highest BCUT2D eigenvalue weighted by molar-refractivity contribution is 6.36. The molecule has 0 rings (SSSR count). The highest BCUT2D eigenvalue weighted by Gasteiger charge is 2.20. The van der Waals surface area contributed by atoms with Gasteiger partial charge in [-0.2, -0.15) is 0 Å². The summed E-state index contributed by atoms with van der Waals surface area (Å²) >= 11 is 0. The molecule has 0 aromatic carbocycles. The van der Waals surface area contributed by atoms with E-state index in [-0.39, 0.29) is 6.10 Å². The van der Waals surface area contributed by atoms with Crippen LogP contribution in [0.4, 0.5) is 0 Å². The molecule has 0 aromatic heterocycles. The molecule has 0 aliphatic carbocycles. The van der Waals surface area contributed by atoms with Crippen LogP contribution in [0, 0.1) is 0 Å². The molecule has 0 N–H and O–H groups in total. The fourth-order valence-corrected chi connectivity index (χ4v) is 1.34. The third-order valence-electron chi connectivity index (χ3n) is 2.34. The number of Topliss-reactive ketones (excluding diaryl/α,β-unsaturated/α-hetero) is 1. The summed E-state index contributed by atoms with van der Waals surface area (Å²) in [5, 5.41) is 0. The molecule has 0 aliphatic rings. The lowest BCUT2D eigenvalue weighted by atomic mass is 10.3. The van der Waals surface area contributed by atoms with Gasteiger partial charge in [0.25, 0.3) is 11.7 Å². The second kappa shape index (κ2) is 9.68. The van der Waals surface area contributed by atoms with Gasteiger partial charge in [0, 0.05) is 25.2 Å². The molecule has 0 radical (unpaired) electrons. The maximum atomic E-state index is 11.6. The molecule has 7 heteroatoms. The molecule has 0 aliphatic heterocycles. The summed E-state index contributed by atoms with van der Waals surface area (Å²) in [7, 11) is 0. The molecule has 118 valence electrons. The number of carbonyl (C=O) groups is 4. The predicted molar refractivity (Wildman–Crippen MR) is 74.3 cm³/mol. The number of hydrogen-bond donors (Lipinski definition) is 0. The molecule has 1 amide bonds. The van der Waals surface area contributed by atoms with E-state index in [1.54, 1.807) is 27.7 Å². The van der Waals surface area contributed by atoms with Crippen molar-refractivity contribution in [1.82, 2.24) is 4.90 Å². The number of carbonyl (C=O) groups excluding carboxylic acids is 4. The van der Waals surface area contributed by atoms with Crippen molar-refractivity contribution in [1.29, 1.82) is 0 Å². The Kier molecular flexibility index (Phi) is 8.68. The number of amides is 1. The topological polar surface area (TPSA) is 90.0 Å². The van der Waals surface area contributed by atoms with Crippen LogP contribution in [-0.4, -0.2) is 54.3 Å². The molecular weight excluding hydrogens is 278 g/mol. The van der Waals surface area contributed by atoms with Gasteiger partial charge in [-0.25, -0.2) is 9.59 Å². The lowest BCUT2D eigenvalue weighted by molar-refractivity contribution is -0.151. The van der Waals surface area contributed by atoms with E-state index in [4.69, 9.17) is 4.74 Å². The molecule has 0 heterocycles. The molecule has 0 unspecified atom stereocenters. The number of rotatable bonds is 8. The Bertz CT molecular complexity index is 423. The van der Waals surface area contributed by atoms with Gasteiger partial charge in [-0.15, -0.1) is 0 Å². The monoisotopic (exact) mass is 299 g/mol. The van der Waals surface area contributed by atoms with Crippen LogP contribution in [0.5, 0.6) is 0 Å². The van der Waals surface area contributed by atoms with Gasteiger partial charge in [-0.3, -0.25) is 9.59 Å². The average molecular weight is 299 g/mol. The zero-order valence-corrected chi connectivity index (χ0v) is 12.8. The third-order valence-corrected chi connectivity index (χ3v) is 2.34. The molecule has 0 bridgehead atoms. The van der Waals surface area contributed by atoms with Crippen molar-refractivity contribution < 1.29 is 28.7 Å². The van der Waals surface area contributed by atoms with Gasteiger partial charge < -0.3 is 14.4 Å². The molecule has 0 saturated carbocycles. The van der Waals surface area contributed by atoms with Crippen molar-refractivity contribution in [2.24, 2.45) is 0 Å². The minimum absolute atomic E-state index is 0.300. The zero-order chi connectivity index (χ0) is 16.4. The van der Waals surface area contributed by atoms with Crippen molar-refractivity contribution in [3.63, 3.8) is 0 Å². The maximum absolute atomic E-state index is 11.6. The molecule has 0 fully saturated rings. The standard InChI is InChI=1S/C14H21NO6/c1-5-15(6-2)14(19)11(16)9-20-12(17)7-8-13(18)21-10(3)4/h7-8,10H,5-6,9H2,1-4H3/b8-7+. The second-order valence-electron chi connectivity index (χ2n) is 4.33. The number of ketones is 1. The minimum atomic E-state index is -0.892. The number of ether oxygens (including phenoxy) is 2. The molecule has 0 aromatic rings. The van der Waals surface area contributed by atoms with Gasteiger partial charge in [0.2, 0.25) is 0 Å². The van der Waals surface area contributed by atoms with Crippen LogP contribution < -0.4 is 0 Å². The molecular formula is C14H21NO6. The van der Waals surface area contributed by atoms with Gasteiger partial charge in [0.05, 0.1) is 6.10 Å². The largest absolute Gasteiger partial charge is 0.460 e. The van der Waals surface area contributed by atoms with Crippen molar-refractivity contribution in [3.8, 4) is 0 Å². The smallest absolute Gasteiger partial charge is 0.331 e. The van der Waals surface area contributed by atoms with Gasteiger partial charge in [-0.1, -0.05) is 0 Å². The molecule has 0 atom stereocenters. The second-order valence-corrected chi connectivity index (χ2v) is 4.33. The van der Waals surface area contributed by atoms with E-state index < -0.39 is 30.2 Å². The van der Waals surface area contributed by atoms with Crippen molar-refractivity contribution in [2.45, 2.75) is 33.8 Å². The summed E-state index contributed by atoms with van der Waals surface area (Å²) in [5.41, 5.74) is 0. The Morgan fingerprint density at radius 3 is 2.00 bits per heavy atom. The highest BCUT2D eigenvalue weighted by Crippen LogP contribution is 1.94. The van der Waals surface area contributed by atoms with Crippen molar-refractivity contribution >= 4 is 23.6 Å². The van der Waals surface area contributed by atoms with Crippen LogP contribution in [0.2, 0.25) is 0 Å². The van der Waals surface area contributed by atoms with E-state index in [2.05, 4.69) is 4.74 Å². The zero-order valence-electron chi connectivity index (χ0n) is 12.8. The van der Waals surface area contributed by atoms with E-state index in [0.717, 1.165) is 12.2 Å². The Hall–Kier alpha value is -2.18. The normalized spacial score (nSPS) is 10.5. The number of hydrogen-bond acceptors (Lipinski definition) is 6. The molecule has 0 spiro atoms. The summed E-state index contributed by atoms with van der Waals surface area (Å²) in [6, 6.07) is 0. The van der Waals surface area contributed by atoms with Crippen LogP contribution in [0.15, 0.2) is 12.2 Å². The van der Waals surface area contributed by atoms with Gasteiger partial charge in [0.1, 0.15) is 0 Å². The van der Waals surface area contributed by atoms with Gasteiger partial charge in [0.15, 0.2) is 6.61 Å². The number of likely N-dealkylation sites (N-methyl/N-ethyl adjacent to an activating group) is 1. The van der Waals surface area contributed by atoms with Crippen LogP contribution in [0.1, 0.15) is 27.7 Å². The van der Waals surface area contributed by atoms with Gasteiger partial charge in [-0.05, 0) is 27.7 Å². The van der Waals surface area contributed by atoms with Crippen molar-refractivity contribution in [3.05, 3.63) is 12.2 Å². The summed E-state index contributed by atoms with van der Waals surface area (Å²) < 4.78 is 9.35. The average Bonchev–Trinajstić information content (AvgIpc) is 2.42. The van der Waals surface area contributed by atoms with E-state index in [1.165, 1.54) is 4.90 Å². The summed E-state index contributed by atoms with van der Waals surface area (Å²) in [6.07, 6.45) is 1.45. The van der Waals surface area contributed by atoms with Crippen LogP contribution in [0.25, 0.3) is 0 Å². The number of nitrogens with zero attached hydrogens (tertiary/aromatic N) is 1. The first kappa shape index (κ1) is 18.8. The predicted octanol–water partition coefficient (Wildman–Crippen LogP) is 0.475. The van der Waals surface area contributed by atoms with Gasteiger partial charge >= 0.3 is 11.9 Å². The minimum Gasteiger partial charge on any atom is -0.460 e. The Morgan fingerprint density at radius 1 is 1.00 bits per heavy atom. The molecule has 21 heavy (non-hydrogen) atoms. The quantitative estimate of drug-likeness (QED) is 0.368. The SMILES string of the molecule is CCN(CC)C(=O)C(=O)COC(=O)/C=C/C(=O)OC(C)C. The van der Waals surface area contributed by atoms with Crippen molar-refractivity contribution in [2.75, 3.05) is 19.7 Å².